The van der Waals surface area contributed by atoms with Crippen LogP contribution < -0.4 is 34.4 Å². The summed E-state index contributed by atoms with van der Waals surface area (Å²) in [6.45, 7) is 12.3. The van der Waals surface area contributed by atoms with Gasteiger partial charge in [0.15, 0.2) is 0 Å². The van der Waals surface area contributed by atoms with Gasteiger partial charge in [-0.1, -0.05) is 48.0 Å². The molecule has 6 unspecified atom stereocenters. The van der Waals surface area contributed by atoms with Crippen LogP contribution in [-0.2, 0) is 33.6 Å². The maximum absolute atomic E-state index is 10.2. The molecule has 0 aliphatic carbocycles. The summed E-state index contributed by atoms with van der Waals surface area (Å²) in [6.07, 6.45) is 0.831. The minimum Gasteiger partial charge on any atom is -0.481 e. The van der Waals surface area contributed by atoms with E-state index in [0.717, 1.165) is 6.42 Å². The number of carbonyl (C=O) groups is 7. The number of rotatable bonds is 13. The number of carboxylic acids is 7. The van der Waals surface area contributed by atoms with Crippen LogP contribution >= 0.6 is 0 Å². The van der Waals surface area contributed by atoms with Crippen molar-refractivity contribution in [1.29, 1.82) is 0 Å². The molecule has 0 fully saturated rings. The molecule has 0 aromatic heterocycles. The van der Waals surface area contributed by atoms with Gasteiger partial charge >= 0.3 is 41.8 Å². The van der Waals surface area contributed by atoms with Crippen LogP contribution in [0, 0.1) is 17.8 Å². The third-order valence-electron chi connectivity index (χ3n) is 4.86. The van der Waals surface area contributed by atoms with Crippen LogP contribution in [0.2, 0.25) is 0 Å². The zero-order valence-electron chi connectivity index (χ0n) is 27.4. The molecule has 274 valence electrons. The quantitative estimate of drug-likeness (QED) is 0.103. The van der Waals surface area contributed by atoms with Crippen molar-refractivity contribution in [3.63, 3.8) is 0 Å². The Morgan fingerprint density at radius 3 is 0.935 bits per heavy atom. The molecule has 0 aliphatic heterocycles. The molecule has 0 aliphatic rings. The van der Waals surface area contributed by atoms with E-state index in [4.69, 9.17) is 64.4 Å². The molecule has 20 heteroatoms. The predicted molar refractivity (Wildman–Crippen MR) is 166 cm³/mol. The summed E-state index contributed by atoms with van der Waals surface area (Å²) in [4.78, 5) is 68.7. The van der Waals surface area contributed by atoms with E-state index in [1.54, 1.807) is 13.8 Å². The first-order chi connectivity index (χ1) is 20.6. The van der Waals surface area contributed by atoms with E-state index >= 15 is 0 Å². The highest BCUT2D eigenvalue weighted by atomic mass is 16.4. The molecule has 6 atom stereocenters. The summed E-state index contributed by atoms with van der Waals surface area (Å²) in [5, 5.41) is 56.4. The van der Waals surface area contributed by atoms with Crippen LogP contribution in [0.1, 0.15) is 67.7 Å². The fraction of sp³-hybridized carbons (Fsp3) is 0.731. The summed E-state index contributed by atoms with van der Waals surface area (Å²) in [7, 11) is 0. The lowest BCUT2D eigenvalue weighted by Gasteiger charge is -2.11. The van der Waals surface area contributed by atoms with Gasteiger partial charge in [-0.15, -0.1) is 0 Å². The van der Waals surface area contributed by atoms with Crippen molar-refractivity contribution in [3.05, 3.63) is 0 Å². The summed E-state index contributed by atoms with van der Waals surface area (Å²) in [5.41, 5.74) is 29.9. The van der Waals surface area contributed by atoms with Gasteiger partial charge in [0, 0.05) is 0 Å². The molecule has 0 radical (unpaired) electrons. The average molecular weight is 677 g/mol. The molecule has 0 saturated carbocycles. The molecule has 19 N–H and O–H groups in total. The Morgan fingerprint density at radius 1 is 0.543 bits per heavy atom. The zero-order chi connectivity index (χ0) is 38.5. The van der Waals surface area contributed by atoms with Gasteiger partial charge in [-0.05, 0) is 31.1 Å². The first-order valence-electron chi connectivity index (χ1n) is 13.7. The fourth-order valence-electron chi connectivity index (χ4n) is 1.67. The van der Waals surface area contributed by atoms with Gasteiger partial charge in [-0.2, -0.15) is 0 Å². The maximum atomic E-state index is 10.2. The van der Waals surface area contributed by atoms with E-state index in [-0.39, 0.29) is 18.4 Å². The second-order valence-corrected chi connectivity index (χ2v) is 10.2. The van der Waals surface area contributed by atoms with E-state index in [9.17, 15) is 33.6 Å². The second kappa shape index (κ2) is 32.4. The molecule has 46 heavy (non-hydrogen) atoms. The fourth-order valence-corrected chi connectivity index (χ4v) is 1.67. The van der Waals surface area contributed by atoms with Gasteiger partial charge in [-0.25, -0.2) is 0 Å². The van der Waals surface area contributed by atoms with Gasteiger partial charge in [0.25, 0.3) is 0 Å². The average Bonchev–Trinajstić information content (AvgIpc) is 2.92. The number of nitrogens with two attached hydrogens (primary N) is 6. The summed E-state index contributed by atoms with van der Waals surface area (Å²) < 4.78 is 0. The molecule has 0 spiro atoms. The highest BCUT2D eigenvalue weighted by molar-refractivity contribution is 5.80. The number of aliphatic carboxylic acids is 7. The first-order valence-corrected chi connectivity index (χ1v) is 13.7. The zero-order valence-corrected chi connectivity index (χ0v) is 27.4. The van der Waals surface area contributed by atoms with E-state index in [1.165, 1.54) is 6.92 Å². The lowest BCUT2D eigenvalue weighted by atomic mass is 10.0. The lowest BCUT2D eigenvalue weighted by Crippen LogP contribution is -2.36. The van der Waals surface area contributed by atoms with Gasteiger partial charge in [0.2, 0.25) is 0 Å². The summed E-state index contributed by atoms with van der Waals surface area (Å²) in [6, 6.07) is -4.12. The highest BCUT2D eigenvalue weighted by Gasteiger charge is 2.17. The third kappa shape index (κ3) is 47.0. The van der Waals surface area contributed by atoms with E-state index in [2.05, 4.69) is 5.73 Å². The molecule has 0 rings (SSSR count). The van der Waals surface area contributed by atoms with Crippen LogP contribution in [0.5, 0.6) is 0 Å². The topological polar surface area (TPSA) is 417 Å². The second-order valence-electron chi connectivity index (χ2n) is 10.2. The van der Waals surface area contributed by atoms with Crippen LogP contribution in [0.3, 0.4) is 0 Å². The predicted octanol–water partition coefficient (Wildman–Crippen LogP) is -1.74. The number of carboxylic acid groups (broad SMARTS) is 7. The molecule has 20 nitrogen and oxygen atoms in total. The van der Waals surface area contributed by atoms with Gasteiger partial charge in [0.05, 0.1) is 13.0 Å². The largest absolute Gasteiger partial charge is 0.481 e. The van der Waals surface area contributed by atoms with Crippen molar-refractivity contribution in [3.8, 4) is 0 Å². The lowest BCUT2D eigenvalue weighted by molar-refractivity contribution is -0.144. The Bertz CT molecular complexity index is 887. The van der Waals surface area contributed by atoms with Crippen molar-refractivity contribution in [1.82, 2.24) is 0 Å². The molecular weight excluding hydrogens is 620 g/mol. The van der Waals surface area contributed by atoms with E-state index in [1.807, 2.05) is 27.7 Å². The summed E-state index contributed by atoms with van der Waals surface area (Å²) >= 11 is 0. The normalized spacial score (nSPS) is 13.5. The Labute approximate surface area is 268 Å². The number of hydrogen-bond acceptors (Lipinski definition) is 13. The third-order valence-corrected chi connectivity index (χ3v) is 4.86. The van der Waals surface area contributed by atoms with E-state index < -0.39 is 78.4 Å². The molecule has 0 heterocycles. The van der Waals surface area contributed by atoms with E-state index in [0.29, 0.717) is 12.3 Å². The minimum absolute atomic E-state index is 0.0208. The monoisotopic (exact) mass is 676 g/mol. The molecular formula is C26H56N6O14. The molecule has 0 saturated heterocycles. The Morgan fingerprint density at radius 2 is 0.870 bits per heavy atom. The Kier molecular flexibility index (Phi) is 38.5. The molecule has 0 aromatic rings. The standard InChI is InChI=1S/2C6H13NO2.C5H11NO2.C4H7NO4.C3H7NO2.C2H5NO2/c1-4(2)3-5(7)6(8)9;1-3-4(2)5(7)6(8)9;1-3(2)4(6)5(7)8;5-2(4(8)9)1-3(6)7;1-2(4)3(5)6;3-1-2(4)5/h2*4-5H,3,7H2,1-2H3,(H,8,9);3-4H,6H2,1-2H3,(H,7,8);2H,1,5H2,(H,6,7)(H,8,9);2H,4H2,1H3,(H,5,6);1,3H2,(H,4,5). The van der Waals surface area contributed by atoms with Crippen molar-refractivity contribution < 1.29 is 69.3 Å². The highest BCUT2D eigenvalue weighted by Crippen LogP contribution is 2.04. The molecule has 0 amide bonds. The number of hydrogen-bond donors (Lipinski definition) is 13. The minimum atomic E-state index is -1.29. The summed E-state index contributed by atoms with van der Waals surface area (Å²) in [5.74, 6) is -6.73. The molecule has 0 aromatic carbocycles. The SMILES string of the molecule is CC(C)C(N)C(=O)O.CC(C)CC(N)C(=O)O.CC(N)C(=O)O.CCC(C)C(N)C(=O)O.NC(CC(=O)O)C(=O)O.NCC(=O)O. The maximum Gasteiger partial charge on any atom is 0.321 e. The van der Waals surface area contributed by atoms with Crippen molar-refractivity contribution in [2.24, 2.45) is 52.2 Å². The van der Waals surface area contributed by atoms with Crippen molar-refractivity contribution in [2.45, 2.75) is 97.9 Å². The molecule has 0 bridgehead atoms. The van der Waals surface area contributed by atoms with Gasteiger partial charge in [-0.3, -0.25) is 33.6 Å². The van der Waals surface area contributed by atoms with Gasteiger partial charge < -0.3 is 70.1 Å². The van der Waals surface area contributed by atoms with Crippen LogP contribution in [0.15, 0.2) is 0 Å². The van der Waals surface area contributed by atoms with Crippen molar-refractivity contribution >= 4 is 41.8 Å². The Hall–Kier alpha value is -3.95. The van der Waals surface area contributed by atoms with Crippen LogP contribution in [-0.4, -0.2) is 114 Å². The Balaban J connectivity index is -0.000000106. The van der Waals surface area contributed by atoms with Crippen LogP contribution in [0.25, 0.3) is 0 Å². The smallest absolute Gasteiger partial charge is 0.321 e. The van der Waals surface area contributed by atoms with Crippen LogP contribution in [0.4, 0.5) is 0 Å². The van der Waals surface area contributed by atoms with Gasteiger partial charge in [0.1, 0.15) is 30.2 Å². The first kappa shape index (κ1) is 54.5. The van der Waals surface area contributed by atoms with Crippen molar-refractivity contribution in [2.75, 3.05) is 6.54 Å².